The fourth-order valence-corrected chi connectivity index (χ4v) is 4.13. The molecule has 0 aliphatic heterocycles. The van der Waals surface area contributed by atoms with Crippen LogP contribution in [0.2, 0.25) is 0 Å². The average Bonchev–Trinajstić information content (AvgIpc) is 2.92. The van der Waals surface area contributed by atoms with E-state index in [0.29, 0.717) is 11.8 Å². The highest BCUT2D eigenvalue weighted by atomic mass is 35.5. The van der Waals surface area contributed by atoms with Crippen molar-refractivity contribution in [3.05, 3.63) is 57.5 Å². The molecule has 1 heterocycles. The molecular weight excluding hydrogens is 314 g/mol. The van der Waals surface area contributed by atoms with E-state index in [0.717, 1.165) is 18.4 Å². The summed E-state index contributed by atoms with van der Waals surface area (Å²) in [6.07, 6.45) is 1.77. The van der Waals surface area contributed by atoms with E-state index in [1.807, 2.05) is 6.07 Å². The van der Waals surface area contributed by atoms with Gasteiger partial charge in [0.15, 0.2) is 0 Å². The molecule has 0 unspecified atom stereocenters. The van der Waals surface area contributed by atoms with Gasteiger partial charge in [0.05, 0.1) is 0 Å². The van der Waals surface area contributed by atoms with Crippen LogP contribution in [0.5, 0.6) is 0 Å². The van der Waals surface area contributed by atoms with E-state index in [-0.39, 0.29) is 5.82 Å². The number of benzene rings is 1. The Morgan fingerprint density at radius 3 is 2.35 bits per heavy atom. The number of rotatable bonds is 6. The van der Waals surface area contributed by atoms with E-state index in [1.54, 1.807) is 23.5 Å². The maximum Gasteiger partial charge on any atom is 0.123 e. The van der Waals surface area contributed by atoms with Crippen molar-refractivity contribution in [3.8, 4) is 0 Å². The maximum atomic E-state index is 13.5. The molecule has 0 amide bonds. The highest BCUT2D eigenvalue weighted by Crippen LogP contribution is 2.34. The number of alkyl halides is 2. The Hall–Kier alpha value is -0.570. The SMILES string of the molecule is CCc1ccc(CC(CCl)(CCl)c2cccc(F)c2)s1. The number of halogens is 3. The lowest BCUT2D eigenvalue weighted by molar-refractivity contribution is 0.532. The number of thiophene rings is 1. The molecule has 0 fully saturated rings. The van der Waals surface area contributed by atoms with Crippen LogP contribution in [0.15, 0.2) is 36.4 Å². The molecule has 0 bridgehead atoms. The first-order valence-corrected chi connectivity index (χ1v) is 8.47. The molecule has 1 aromatic carbocycles. The van der Waals surface area contributed by atoms with Crippen molar-refractivity contribution in [1.82, 2.24) is 0 Å². The normalized spacial score (nSPS) is 11.8. The first kappa shape index (κ1) is 15.8. The molecular formula is C16H17Cl2FS. The third kappa shape index (κ3) is 3.36. The Balaban J connectivity index is 2.33. The van der Waals surface area contributed by atoms with Gasteiger partial charge in [-0.2, -0.15) is 0 Å². The molecule has 2 aromatic rings. The van der Waals surface area contributed by atoms with Crippen molar-refractivity contribution in [2.45, 2.75) is 25.2 Å². The minimum absolute atomic E-state index is 0.248. The minimum atomic E-state index is -0.416. The fourth-order valence-electron chi connectivity index (χ4n) is 2.25. The zero-order chi connectivity index (χ0) is 14.6. The quantitative estimate of drug-likeness (QED) is 0.621. The van der Waals surface area contributed by atoms with Crippen molar-refractivity contribution < 1.29 is 4.39 Å². The van der Waals surface area contributed by atoms with Gasteiger partial charge < -0.3 is 0 Å². The van der Waals surface area contributed by atoms with Gasteiger partial charge in [0.25, 0.3) is 0 Å². The zero-order valence-corrected chi connectivity index (χ0v) is 13.7. The largest absolute Gasteiger partial charge is 0.207 e. The molecule has 2 rings (SSSR count). The van der Waals surface area contributed by atoms with Crippen molar-refractivity contribution in [3.63, 3.8) is 0 Å². The molecule has 108 valence electrons. The van der Waals surface area contributed by atoms with E-state index >= 15 is 0 Å². The molecule has 0 saturated carbocycles. The molecule has 4 heteroatoms. The summed E-state index contributed by atoms with van der Waals surface area (Å²) in [5.41, 5.74) is 0.454. The van der Waals surface area contributed by atoms with Crippen LogP contribution in [-0.4, -0.2) is 11.8 Å². The summed E-state index contributed by atoms with van der Waals surface area (Å²) in [6.45, 7) is 2.14. The molecule has 0 saturated heterocycles. The number of hydrogen-bond acceptors (Lipinski definition) is 1. The zero-order valence-electron chi connectivity index (χ0n) is 11.3. The lowest BCUT2D eigenvalue weighted by Crippen LogP contribution is -2.33. The van der Waals surface area contributed by atoms with Crippen LogP contribution in [0, 0.1) is 5.82 Å². The van der Waals surface area contributed by atoms with Crippen LogP contribution in [0.25, 0.3) is 0 Å². The van der Waals surface area contributed by atoms with Gasteiger partial charge >= 0.3 is 0 Å². The smallest absolute Gasteiger partial charge is 0.123 e. The number of aryl methyl sites for hydroxylation is 1. The highest BCUT2D eigenvalue weighted by Gasteiger charge is 2.32. The molecule has 20 heavy (non-hydrogen) atoms. The Morgan fingerprint density at radius 1 is 1.10 bits per heavy atom. The first-order chi connectivity index (χ1) is 9.63. The Morgan fingerprint density at radius 2 is 1.80 bits per heavy atom. The third-order valence-electron chi connectivity index (χ3n) is 3.53. The van der Waals surface area contributed by atoms with E-state index < -0.39 is 5.41 Å². The Bertz CT molecular complexity index is 561. The van der Waals surface area contributed by atoms with E-state index in [2.05, 4.69) is 19.1 Å². The standard InChI is InChI=1S/C16H17Cl2FS/c1-2-14-6-7-15(20-14)9-16(10-17,11-18)12-4-3-5-13(19)8-12/h3-8H,2,9-11H2,1H3. The van der Waals surface area contributed by atoms with E-state index in [4.69, 9.17) is 23.2 Å². The van der Waals surface area contributed by atoms with Gasteiger partial charge in [0.1, 0.15) is 5.82 Å². The predicted octanol–water partition coefficient (Wildman–Crippen LogP) is 5.41. The summed E-state index contributed by atoms with van der Waals surface area (Å²) in [4.78, 5) is 2.59. The van der Waals surface area contributed by atoms with Gasteiger partial charge in [-0.1, -0.05) is 19.1 Å². The highest BCUT2D eigenvalue weighted by molar-refractivity contribution is 7.12. The summed E-state index contributed by atoms with van der Waals surface area (Å²) in [5.74, 6) is 0.501. The summed E-state index contributed by atoms with van der Waals surface area (Å²) >= 11 is 14.2. The van der Waals surface area contributed by atoms with Gasteiger partial charge in [0, 0.05) is 26.9 Å². The summed E-state index contributed by atoms with van der Waals surface area (Å²) < 4.78 is 13.5. The van der Waals surface area contributed by atoms with E-state index in [9.17, 15) is 4.39 Å². The van der Waals surface area contributed by atoms with Crippen molar-refractivity contribution in [2.75, 3.05) is 11.8 Å². The fraction of sp³-hybridized carbons (Fsp3) is 0.375. The summed E-state index contributed by atoms with van der Waals surface area (Å²) in [5, 5.41) is 0. The lowest BCUT2D eigenvalue weighted by atomic mass is 9.80. The first-order valence-electron chi connectivity index (χ1n) is 6.59. The third-order valence-corrected chi connectivity index (χ3v) is 5.78. The molecule has 0 nitrogen and oxygen atoms in total. The molecule has 0 spiro atoms. The minimum Gasteiger partial charge on any atom is -0.207 e. The lowest BCUT2D eigenvalue weighted by Gasteiger charge is -2.30. The number of hydrogen-bond donors (Lipinski definition) is 0. The molecule has 1 aromatic heterocycles. The molecule has 0 atom stereocenters. The van der Waals surface area contributed by atoms with Crippen molar-refractivity contribution in [2.24, 2.45) is 0 Å². The Kier molecular flexibility index (Phi) is 5.48. The van der Waals surface area contributed by atoms with Gasteiger partial charge in [-0.05, 0) is 42.7 Å². The molecule has 0 N–H and O–H groups in total. The maximum absolute atomic E-state index is 13.5. The molecule has 0 radical (unpaired) electrons. The topological polar surface area (TPSA) is 0 Å². The van der Waals surface area contributed by atoms with Gasteiger partial charge in [0.2, 0.25) is 0 Å². The van der Waals surface area contributed by atoms with Gasteiger partial charge in [-0.3, -0.25) is 0 Å². The molecule has 0 aliphatic rings. The summed E-state index contributed by atoms with van der Waals surface area (Å²) in [7, 11) is 0. The second kappa shape index (κ2) is 6.93. The average molecular weight is 331 g/mol. The van der Waals surface area contributed by atoms with Gasteiger partial charge in [-0.25, -0.2) is 4.39 Å². The van der Waals surface area contributed by atoms with Crippen LogP contribution >= 0.6 is 34.5 Å². The summed E-state index contributed by atoms with van der Waals surface area (Å²) in [6, 6.07) is 10.9. The van der Waals surface area contributed by atoms with Crippen LogP contribution < -0.4 is 0 Å². The van der Waals surface area contributed by atoms with Crippen LogP contribution in [0.1, 0.15) is 22.2 Å². The van der Waals surface area contributed by atoms with Crippen LogP contribution in [0.3, 0.4) is 0 Å². The van der Waals surface area contributed by atoms with Gasteiger partial charge in [-0.15, -0.1) is 34.5 Å². The Labute approximate surface area is 133 Å². The van der Waals surface area contributed by atoms with E-state index in [1.165, 1.54) is 15.8 Å². The molecule has 0 aliphatic carbocycles. The van der Waals surface area contributed by atoms with Crippen molar-refractivity contribution >= 4 is 34.5 Å². The second-order valence-corrected chi connectivity index (χ2v) is 6.74. The van der Waals surface area contributed by atoms with Crippen molar-refractivity contribution in [1.29, 1.82) is 0 Å². The van der Waals surface area contributed by atoms with Crippen LogP contribution in [-0.2, 0) is 18.3 Å². The predicted molar refractivity (Wildman–Crippen MR) is 86.9 cm³/mol. The monoisotopic (exact) mass is 330 g/mol. The van der Waals surface area contributed by atoms with Crippen LogP contribution in [0.4, 0.5) is 4.39 Å². The second-order valence-electron chi connectivity index (χ2n) is 4.96.